The van der Waals surface area contributed by atoms with Crippen LogP contribution in [0.2, 0.25) is 0 Å². The van der Waals surface area contributed by atoms with Crippen molar-refractivity contribution in [1.29, 1.82) is 0 Å². The molecule has 0 aromatic heterocycles. The number of benzene rings is 1. The van der Waals surface area contributed by atoms with Crippen molar-refractivity contribution in [1.82, 2.24) is 0 Å². The first-order chi connectivity index (χ1) is 5.34. The Morgan fingerprint density at radius 1 is 1.27 bits per heavy atom. The second-order valence-corrected chi connectivity index (χ2v) is 2.87. The second-order valence-electron chi connectivity index (χ2n) is 2.02. The van der Waals surface area contributed by atoms with E-state index >= 15 is 0 Å². The molecule has 0 heterocycles. The zero-order chi connectivity index (χ0) is 8.10. The van der Waals surface area contributed by atoms with E-state index < -0.39 is 0 Å². The van der Waals surface area contributed by atoms with Crippen LogP contribution in [0.15, 0.2) is 36.4 Å². The molecule has 0 aliphatic rings. The average Bonchev–Trinajstić information content (AvgIpc) is 2.07. The van der Waals surface area contributed by atoms with Gasteiger partial charge in [0.05, 0.1) is 0 Å². The van der Waals surface area contributed by atoms with Crippen LogP contribution in [0.4, 0.5) is 0 Å². The number of allylic oxidation sites excluding steroid dienone is 1. The van der Waals surface area contributed by atoms with Gasteiger partial charge in [-0.15, -0.1) is 0 Å². The lowest BCUT2D eigenvalue weighted by Crippen LogP contribution is -1.74. The largest absolute Gasteiger partial charge is 0.299 e. The number of carbonyl (C=O) groups is 1. The Hall–Kier alpha value is -0.890. The zero-order valence-corrected chi connectivity index (χ0v) is 7.41. The Balaban J connectivity index is 2.94. The lowest BCUT2D eigenvalue weighted by atomic mass is 10.2. The van der Waals surface area contributed by atoms with Gasteiger partial charge in [0.1, 0.15) is 6.29 Å². The zero-order valence-electron chi connectivity index (χ0n) is 5.83. The molecule has 0 fully saturated rings. The minimum atomic E-state index is 0.761. The molecule has 0 atom stereocenters. The summed E-state index contributed by atoms with van der Waals surface area (Å²) in [6.45, 7) is 0. The normalized spacial score (nSPS) is 11.2. The van der Waals surface area contributed by atoms with Crippen molar-refractivity contribution in [3.05, 3.63) is 42.0 Å². The van der Waals surface area contributed by atoms with Gasteiger partial charge < -0.3 is 0 Å². The van der Waals surface area contributed by atoms with Crippen molar-refractivity contribution in [2.24, 2.45) is 0 Å². The van der Waals surface area contributed by atoms with Gasteiger partial charge in [-0.05, 0) is 11.6 Å². The number of carbonyl (C=O) groups excluding carboxylic acids is 1. The molecule has 0 saturated carbocycles. The van der Waals surface area contributed by atoms with E-state index in [2.05, 4.69) is 15.9 Å². The molecule has 1 aromatic carbocycles. The summed E-state index contributed by atoms with van der Waals surface area (Å²) in [5.41, 5.74) is 1.01. The number of halogens is 1. The van der Waals surface area contributed by atoms with E-state index in [0.29, 0.717) is 0 Å². The van der Waals surface area contributed by atoms with Gasteiger partial charge in [0.2, 0.25) is 0 Å². The monoisotopic (exact) mass is 210 g/mol. The van der Waals surface area contributed by atoms with Gasteiger partial charge in [-0.25, -0.2) is 0 Å². The van der Waals surface area contributed by atoms with Crippen LogP contribution in [-0.4, -0.2) is 6.29 Å². The van der Waals surface area contributed by atoms with Gasteiger partial charge in [-0.1, -0.05) is 46.3 Å². The minimum Gasteiger partial charge on any atom is -0.299 e. The van der Waals surface area contributed by atoms with Crippen LogP contribution >= 0.6 is 15.9 Å². The fourth-order valence-corrected chi connectivity index (χ4v) is 1.13. The molecular weight excluding hydrogens is 204 g/mol. The summed E-state index contributed by atoms with van der Waals surface area (Å²) in [5.74, 6) is 0. The standard InChI is InChI=1S/C9H7BrO/c10-9(6-7-11)8-4-2-1-3-5-8/h1-7H. The molecule has 11 heavy (non-hydrogen) atoms. The number of hydrogen-bond acceptors (Lipinski definition) is 1. The predicted molar refractivity (Wildman–Crippen MR) is 49.4 cm³/mol. The summed E-state index contributed by atoms with van der Waals surface area (Å²) in [6, 6.07) is 9.66. The average molecular weight is 211 g/mol. The molecule has 1 aromatic rings. The van der Waals surface area contributed by atoms with Crippen LogP contribution in [0.5, 0.6) is 0 Å². The van der Waals surface area contributed by atoms with Crippen LogP contribution in [0, 0.1) is 0 Å². The molecule has 0 amide bonds. The number of rotatable bonds is 2. The van der Waals surface area contributed by atoms with Crippen molar-refractivity contribution in [2.75, 3.05) is 0 Å². The number of hydrogen-bond donors (Lipinski definition) is 0. The van der Waals surface area contributed by atoms with E-state index in [9.17, 15) is 4.79 Å². The van der Waals surface area contributed by atoms with E-state index in [1.165, 1.54) is 6.08 Å². The highest BCUT2D eigenvalue weighted by molar-refractivity contribution is 9.15. The molecule has 0 saturated heterocycles. The molecule has 0 spiro atoms. The Kier molecular flexibility index (Phi) is 3.05. The third-order valence-corrected chi connectivity index (χ3v) is 1.99. The summed E-state index contributed by atoms with van der Waals surface area (Å²) in [5, 5.41) is 0. The molecule has 0 N–H and O–H groups in total. The van der Waals surface area contributed by atoms with E-state index in [4.69, 9.17) is 0 Å². The van der Waals surface area contributed by atoms with Crippen molar-refractivity contribution >= 4 is 26.7 Å². The fourth-order valence-electron chi connectivity index (χ4n) is 0.753. The first kappa shape index (κ1) is 8.21. The van der Waals surface area contributed by atoms with Crippen molar-refractivity contribution in [2.45, 2.75) is 0 Å². The van der Waals surface area contributed by atoms with Crippen LogP contribution < -0.4 is 0 Å². The van der Waals surface area contributed by atoms with Gasteiger partial charge in [-0.3, -0.25) is 4.79 Å². The molecule has 0 unspecified atom stereocenters. The van der Waals surface area contributed by atoms with Crippen LogP contribution in [0.1, 0.15) is 5.56 Å². The summed E-state index contributed by atoms with van der Waals surface area (Å²) < 4.78 is 0.813. The predicted octanol–water partition coefficient (Wildman–Crippen LogP) is 2.62. The van der Waals surface area contributed by atoms with E-state index in [1.54, 1.807) is 0 Å². The van der Waals surface area contributed by atoms with Gasteiger partial charge in [-0.2, -0.15) is 0 Å². The fraction of sp³-hybridized carbons (Fsp3) is 0. The Morgan fingerprint density at radius 2 is 1.91 bits per heavy atom. The molecule has 0 aliphatic heterocycles. The molecule has 1 nitrogen and oxygen atoms in total. The van der Waals surface area contributed by atoms with E-state index in [1.807, 2.05) is 30.3 Å². The molecule has 56 valence electrons. The maximum absolute atomic E-state index is 10.1. The quantitative estimate of drug-likeness (QED) is 0.542. The number of aldehydes is 1. The molecular formula is C9H7BrO. The van der Waals surface area contributed by atoms with E-state index in [-0.39, 0.29) is 0 Å². The van der Waals surface area contributed by atoms with Gasteiger partial charge in [0, 0.05) is 4.48 Å². The summed E-state index contributed by atoms with van der Waals surface area (Å²) in [7, 11) is 0. The van der Waals surface area contributed by atoms with Crippen LogP contribution in [0.3, 0.4) is 0 Å². The van der Waals surface area contributed by atoms with E-state index in [0.717, 1.165) is 16.3 Å². The second kappa shape index (κ2) is 4.09. The maximum Gasteiger partial charge on any atom is 0.143 e. The topological polar surface area (TPSA) is 17.1 Å². The maximum atomic E-state index is 10.1. The summed E-state index contributed by atoms with van der Waals surface area (Å²) >= 11 is 3.28. The highest BCUT2D eigenvalue weighted by Gasteiger charge is 1.92. The van der Waals surface area contributed by atoms with Crippen molar-refractivity contribution < 1.29 is 4.79 Å². The van der Waals surface area contributed by atoms with Gasteiger partial charge in [0.25, 0.3) is 0 Å². The molecule has 0 radical (unpaired) electrons. The highest BCUT2D eigenvalue weighted by Crippen LogP contribution is 2.19. The van der Waals surface area contributed by atoms with Crippen molar-refractivity contribution in [3.63, 3.8) is 0 Å². The SMILES string of the molecule is O=CC=C(Br)c1ccccc1. The van der Waals surface area contributed by atoms with Crippen molar-refractivity contribution in [3.8, 4) is 0 Å². The molecule has 2 heteroatoms. The van der Waals surface area contributed by atoms with Crippen LogP contribution in [-0.2, 0) is 4.79 Å². The third-order valence-electron chi connectivity index (χ3n) is 1.26. The lowest BCUT2D eigenvalue weighted by Gasteiger charge is -1.94. The summed E-state index contributed by atoms with van der Waals surface area (Å²) in [4.78, 5) is 10.1. The Bertz CT molecular complexity index is 264. The Morgan fingerprint density at radius 3 is 2.45 bits per heavy atom. The van der Waals surface area contributed by atoms with Gasteiger partial charge >= 0.3 is 0 Å². The molecule has 1 rings (SSSR count). The van der Waals surface area contributed by atoms with Gasteiger partial charge in [0.15, 0.2) is 0 Å². The van der Waals surface area contributed by atoms with Crippen LogP contribution in [0.25, 0.3) is 4.48 Å². The highest BCUT2D eigenvalue weighted by atomic mass is 79.9. The lowest BCUT2D eigenvalue weighted by molar-refractivity contribution is -0.104. The summed E-state index contributed by atoms with van der Waals surface area (Å²) in [6.07, 6.45) is 2.24. The molecule has 0 bridgehead atoms. The molecule has 0 aliphatic carbocycles. The third kappa shape index (κ3) is 2.31. The Labute approximate surface area is 73.9 Å². The minimum absolute atomic E-state index is 0.761. The first-order valence-electron chi connectivity index (χ1n) is 3.21. The smallest absolute Gasteiger partial charge is 0.143 e. The first-order valence-corrected chi connectivity index (χ1v) is 4.00.